The molecule has 2 heterocycles. The zero-order valence-corrected chi connectivity index (χ0v) is 14.6. The average molecular weight is 374 g/mol. The first-order chi connectivity index (χ1) is 10.1. The normalized spacial score (nSPS) is 30.7. The Morgan fingerprint density at radius 1 is 1.52 bits per heavy atom. The predicted molar refractivity (Wildman–Crippen MR) is 89.2 cm³/mol. The van der Waals surface area contributed by atoms with Crippen LogP contribution in [0.5, 0.6) is 0 Å². The van der Waals surface area contributed by atoms with Crippen molar-refractivity contribution >= 4 is 27.7 Å². The minimum atomic E-state index is -0.189. The third-order valence-corrected chi connectivity index (χ3v) is 6.55. The molecule has 1 aromatic carbocycles. The molecule has 0 aliphatic carbocycles. The van der Waals surface area contributed by atoms with Gasteiger partial charge in [-0.3, -0.25) is 0 Å². The van der Waals surface area contributed by atoms with Crippen molar-refractivity contribution in [1.82, 2.24) is 5.32 Å². The SMILES string of the molecule is CNC(c1ccc(Br)c(F)c1)C1CCOC2(CCSC2)C1. The van der Waals surface area contributed by atoms with Crippen molar-refractivity contribution < 1.29 is 9.13 Å². The van der Waals surface area contributed by atoms with E-state index in [2.05, 4.69) is 21.2 Å². The van der Waals surface area contributed by atoms with Gasteiger partial charge in [0.15, 0.2) is 0 Å². The molecule has 3 rings (SSSR count). The van der Waals surface area contributed by atoms with Crippen molar-refractivity contribution in [2.24, 2.45) is 5.92 Å². The molecule has 1 N–H and O–H groups in total. The summed E-state index contributed by atoms with van der Waals surface area (Å²) >= 11 is 5.22. The summed E-state index contributed by atoms with van der Waals surface area (Å²) < 4.78 is 20.5. The van der Waals surface area contributed by atoms with E-state index in [1.54, 1.807) is 12.1 Å². The van der Waals surface area contributed by atoms with Gasteiger partial charge in [0.2, 0.25) is 0 Å². The maximum absolute atomic E-state index is 13.8. The van der Waals surface area contributed by atoms with Crippen LogP contribution in [-0.4, -0.2) is 30.8 Å². The highest BCUT2D eigenvalue weighted by Gasteiger charge is 2.42. The minimum Gasteiger partial charge on any atom is -0.374 e. The molecule has 2 nitrogen and oxygen atoms in total. The van der Waals surface area contributed by atoms with Crippen LogP contribution in [-0.2, 0) is 4.74 Å². The van der Waals surface area contributed by atoms with E-state index in [1.165, 1.54) is 5.75 Å². The molecular formula is C16H21BrFNOS. The molecule has 2 fully saturated rings. The highest BCUT2D eigenvalue weighted by molar-refractivity contribution is 9.10. The van der Waals surface area contributed by atoms with Gasteiger partial charge in [0.25, 0.3) is 0 Å². The van der Waals surface area contributed by atoms with Gasteiger partial charge in [-0.05, 0) is 71.6 Å². The van der Waals surface area contributed by atoms with Crippen molar-refractivity contribution in [3.05, 3.63) is 34.1 Å². The lowest BCUT2D eigenvalue weighted by atomic mass is 9.79. The van der Waals surface area contributed by atoms with Gasteiger partial charge >= 0.3 is 0 Å². The standard InChI is InChI=1S/C16H21BrFNOS/c1-19-15(11-2-3-13(17)14(18)8-11)12-4-6-20-16(9-12)5-7-21-10-16/h2-3,8,12,15,19H,4-7,9-10H2,1H3. The zero-order chi connectivity index (χ0) is 14.9. The third-order valence-electron chi connectivity index (χ3n) is 4.68. The number of ether oxygens (including phenoxy) is 1. The quantitative estimate of drug-likeness (QED) is 0.859. The Labute approximate surface area is 138 Å². The third kappa shape index (κ3) is 3.31. The summed E-state index contributed by atoms with van der Waals surface area (Å²) in [6.07, 6.45) is 3.26. The lowest BCUT2D eigenvalue weighted by Crippen LogP contribution is -2.43. The van der Waals surface area contributed by atoms with Crippen LogP contribution in [0.2, 0.25) is 0 Å². The molecule has 21 heavy (non-hydrogen) atoms. The Morgan fingerprint density at radius 3 is 3.05 bits per heavy atom. The molecule has 0 bridgehead atoms. The van der Waals surface area contributed by atoms with Gasteiger partial charge in [0.05, 0.1) is 10.1 Å². The number of hydrogen-bond donors (Lipinski definition) is 1. The van der Waals surface area contributed by atoms with Crippen molar-refractivity contribution in [2.75, 3.05) is 25.2 Å². The molecule has 2 aliphatic rings. The summed E-state index contributed by atoms with van der Waals surface area (Å²) in [5.41, 5.74) is 1.10. The van der Waals surface area contributed by atoms with Crippen molar-refractivity contribution in [3.8, 4) is 0 Å². The topological polar surface area (TPSA) is 21.3 Å². The number of nitrogens with one attached hydrogen (secondary N) is 1. The largest absolute Gasteiger partial charge is 0.374 e. The minimum absolute atomic E-state index is 0.0661. The molecule has 1 aromatic rings. The fourth-order valence-electron chi connectivity index (χ4n) is 3.59. The molecule has 0 aromatic heterocycles. The highest BCUT2D eigenvalue weighted by atomic mass is 79.9. The van der Waals surface area contributed by atoms with E-state index in [1.807, 2.05) is 24.9 Å². The van der Waals surface area contributed by atoms with E-state index in [0.29, 0.717) is 10.4 Å². The fourth-order valence-corrected chi connectivity index (χ4v) is 5.22. The fraction of sp³-hybridized carbons (Fsp3) is 0.625. The summed E-state index contributed by atoms with van der Waals surface area (Å²) in [6.45, 7) is 0.822. The Hall–Kier alpha value is -0.100. The molecule has 2 saturated heterocycles. The van der Waals surface area contributed by atoms with Gasteiger partial charge in [-0.15, -0.1) is 0 Å². The Kier molecular flexibility index (Phi) is 4.94. The van der Waals surface area contributed by atoms with E-state index in [-0.39, 0.29) is 17.5 Å². The number of hydrogen-bond acceptors (Lipinski definition) is 3. The zero-order valence-electron chi connectivity index (χ0n) is 12.2. The number of rotatable bonds is 3. The molecule has 3 unspecified atom stereocenters. The van der Waals surface area contributed by atoms with Crippen molar-refractivity contribution in [2.45, 2.75) is 30.9 Å². The molecule has 0 amide bonds. The Morgan fingerprint density at radius 2 is 2.38 bits per heavy atom. The molecule has 116 valence electrons. The molecule has 5 heteroatoms. The molecule has 3 atom stereocenters. The molecule has 0 saturated carbocycles. The van der Waals surface area contributed by atoms with Crippen molar-refractivity contribution in [3.63, 3.8) is 0 Å². The van der Waals surface area contributed by atoms with Gasteiger partial charge in [-0.1, -0.05) is 6.07 Å². The van der Waals surface area contributed by atoms with E-state index in [9.17, 15) is 4.39 Å². The molecule has 1 spiro atoms. The number of halogens is 2. The van der Waals surface area contributed by atoms with E-state index >= 15 is 0 Å². The second-order valence-corrected chi connectivity index (χ2v) is 7.99. The summed E-state index contributed by atoms with van der Waals surface area (Å²) in [5, 5.41) is 3.40. The maximum atomic E-state index is 13.8. The van der Waals surface area contributed by atoms with Crippen LogP contribution in [0, 0.1) is 11.7 Å². The molecule has 2 aliphatic heterocycles. The van der Waals surface area contributed by atoms with Crippen molar-refractivity contribution in [1.29, 1.82) is 0 Å². The summed E-state index contributed by atoms with van der Waals surface area (Å²) in [5.74, 6) is 2.62. The molecule has 0 radical (unpaired) electrons. The first kappa shape index (κ1) is 15.8. The van der Waals surface area contributed by atoms with Gasteiger partial charge in [-0.2, -0.15) is 11.8 Å². The van der Waals surface area contributed by atoms with Crippen LogP contribution >= 0.6 is 27.7 Å². The maximum Gasteiger partial charge on any atom is 0.137 e. The van der Waals surface area contributed by atoms with Crippen LogP contribution in [0.15, 0.2) is 22.7 Å². The second-order valence-electron chi connectivity index (χ2n) is 6.03. The number of thioether (sulfide) groups is 1. The summed E-state index contributed by atoms with van der Waals surface area (Å²) in [7, 11) is 1.97. The average Bonchev–Trinajstić information content (AvgIpc) is 2.91. The first-order valence-electron chi connectivity index (χ1n) is 7.47. The van der Waals surface area contributed by atoms with Gasteiger partial charge in [-0.25, -0.2) is 4.39 Å². The lowest BCUT2D eigenvalue weighted by molar-refractivity contribution is -0.0850. The lowest BCUT2D eigenvalue weighted by Gasteiger charge is -2.41. The van der Waals surface area contributed by atoms with Crippen LogP contribution in [0.1, 0.15) is 30.9 Å². The van der Waals surface area contributed by atoms with Crippen LogP contribution in [0.25, 0.3) is 0 Å². The number of benzene rings is 1. The monoisotopic (exact) mass is 373 g/mol. The summed E-state index contributed by atoms with van der Waals surface area (Å²) in [4.78, 5) is 0. The smallest absolute Gasteiger partial charge is 0.137 e. The highest BCUT2D eigenvalue weighted by Crippen LogP contribution is 2.44. The van der Waals surface area contributed by atoms with Gasteiger partial charge in [0, 0.05) is 18.4 Å². The Bertz CT molecular complexity index is 507. The summed E-state index contributed by atoms with van der Waals surface area (Å²) in [6, 6.07) is 5.66. The first-order valence-corrected chi connectivity index (χ1v) is 9.42. The van der Waals surface area contributed by atoms with Gasteiger partial charge < -0.3 is 10.1 Å². The Balaban J connectivity index is 1.80. The van der Waals surface area contributed by atoms with Gasteiger partial charge in [0.1, 0.15) is 5.82 Å². The van der Waals surface area contributed by atoms with Crippen LogP contribution in [0.4, 0.5) is 4.39 Å². The van der Waals surface area contributed by atoms with Crippen LogP contribution in [0.3, 0.4) is 0 Å². The van der Waals surface area contributed by atoms with E-state index in [0.717, 1.165) is 37.2 Å². The van der Waals surface area contributed by atoms with E-state index in [4.69, 9.17) is 4.74 Å². The molecular weight excluding hydrogens is 353 g/mol. The predicted octanol–water partition coefficient (Wildman–Crippen LogP) is 4.15. The van der Waals surface area contributed by atoms with Crippen LogP contribution < -0.4 is 5.32 Å². The second kappa shape index (κ2) is 6.57. The van der Waals surface area contributed by atoms with E-state index < -0.39 is 0 Å².